The van der Waals surface area contributed by atoms with Gasteiger partial charge in [-0.1, -0.05) is 6.07 Å². The first-order valence-electron chi connectivity index (χ1n) is 12.8. The molecular formula is C28H32N6O4S. The summed E-state index contributed by atoms with van der Waals surface area (Å²) < 4.78 is 6.12. The Balaban J connectivity index is 0.00000353. The van der Waals surface area contributed by atoms with Crippen LogP contribution in [0.1, 0.15) is 36.7 Å². The summed E-state index contributed by atoms with van der Waals surface area (Å²) in [5.74, 6) is 1.73. The number of likely N-dealkylation sites (tertiary alicyclic amines) is 1. The van der Waals surface area contributed by atoms with Gasteiger partial charge in [-0.15, -0.1) is 0 Å². The number of rotatable bonds is 7. The minimum Gasteiger partial charge on any atom is -0.489 e. The van der Waals surface area contributed by atoms with Gasteiger partial charge >= 0.3 is 0 Å². The Morgan fingerprint density at radius 3 is 2.59 bits per heavy atom. The van der Waals surface area contributed by atoms with E-state index in [0.29, 0.717) is 68.3 Å². The minimum absolute atomic E-state index is 0. The van der Waals surface area contributed by atoms with Gasteiger partial charge in [-0.2, -0.15) is 18.8 Å². The second-order valence-electron chi connectivity index (χ2n) is 9.76. The highest BCUT2D eigenvalue weighted by Crippen LogP contribution is 2.28. The van der Waals surface area contributed by atoms with E-state index in [9.17, 15) is 20.3 Å². The third kappa shape index (κ3) is 6.65. The van der Waals surface area contributed by atoms with Gasteiger partial charge in [0.2, 0.25) is 0 Å². The van der Waals surface area contributed by atoms with Gasteiger partial charge in [-0.05, 0) is 42.8 Å². The van der Waals surface area contributed by atoms with E-state index in [0.717, 1.165) is 16.9 Å². The number of carbonyl (C=O) groups excluding carboxylic acids is 1. The van der Waals surface area contributed by atoms with E-state index in [1.54, 1.807) is 29.4 Å². The van der Waals surface area contributed by atoms with Crippen LogP contribution in [0.25, 0.3) is 11.3 Å². The van der Waals surface area contributed by atoms with E-state index in [-0.39, 0.29) is 31.6 Å². The molecule has 4 heterocycles. The number of benzene rings is 1. The number of β-amino-alcohol motifs (C(OH)–C–C–N with tert-alkyl or cyclic N) is 1. The molecule has 2 aliphatic rings. The number of nitriles is 1. The lowest BCUT2D eigenvalue weighted by Crippen LogP contribution is -2.51. The summed E-state index contributed by atoms with van der Waals surface area (Å²) in [4.78, 5) is 29.3. The van der Waals surface area contributed by atoms with Gasteiger partial charge in [0.15, 0.2) is 0 Å². The molecule has 1 atom stereocenters. The molecule has 2 saturated heterocycles. The van der Waals surface area contributed by atoms with Crippen LogP contribution >= 0.6 is 13.5 Å². The zero-order valence-electron chi connectivity index (χ0n) is 21.7. The fourth-order valence-corrected chi connectivity index (χ4v) is 4.70. The normalized spacial score (nSPS) is 16.6. The summed E-state index contributed by atoms with van der Waals surface area (Å²) in [6, 6.07) is 13.4. The highest BCUT2D eigenvalue weighted by atomic mass is 32.1. The number of pyridine rings is 1. The number of hydrogen-bond acceptors (Lipinski definition) is 9. The van der Waals surface area contributed by atoms with Gasteiger partial charge in [0.1, 0.15) is 35.7 Å². The van der Waals surface area contributed by atoms with Gasteiger partial charge in [0.25, 0.3) is 5.91 Å². The molecule has 204 valence electrons. The molecule has 5 rings (SSSR count). The topological polar surface area (TPSA) is 136 Å². The number of aromatic nitrogens is 3. The average Bonchev–Trinajstić information content (AvgIpc) is 2.92. The number of piperidine rings is 1. The van der Waals surface area contributed by atoms with E-state index < -0.39 is 6.10 Å². The first-order chi connectivity index (χ1) is 18.4. The fourth-order valence-electron chi connectivity index (χ4n) is 4.70. The summed E-state index contributed by atoms with van der Waals surface area (Å²) in [7, 11) is 0. The van der Waals surface area contributed by atoms with Crippen LogP contribution in [0, 0.1) is 11.3 Å². The van der Waals surface area contributed by atoms with E-state index >= 15 is 0 Å². The highest BCUT2D eigenvalue weighted by Gasteiger charge is 2.27. The number of hydrogen-bond donors (Lipinski definition) is 2. The summed E-state index contributed by atoms with van der Waals surface area (Å²) in [5.41, 5.74) is 2.90. The van der Waals surface area contributed by atoms with E-state index in [2.05, 4.69) is 16.0 Å². The van der Waals surface area contributed by atoms with Crippen molar-refractivity contribution in [1.29, 1.82) is 5.26 Å². The molecule has 1 amide bonds. The Hall–Kier alpha value is -3.72. The zero-order chi connectivity index (χ0) is 26.6. The highest BCUT2D eigenvalue weighted by molar-refractivity contribution is 7.59. The van der Waals surface area contributed by atoms with E-state index in [1.165, 1.54) is 6.92 Å². The van der Waals surface area contributed by atoms with Crippen molar-refractivity contribution in [3.05, 3.63) is 65.7 Å². The summed E-state index contributed by atoms with van der Waals surface area (Å²) >= 11 is 0. The Labute approximate surface area is 234 Å². The van der Waals surface area contributed by atoms with Crippen molar-refractivity contribution in [2.45, 2.75) is 44.5 Å². The number of aliphatic hydroxyl groups excluding tert-OH is 2. The van der Waals surface area contributed by atoms with Crippen LogP contribution in [-0.4, -0.2) is 80.5 Å². The van der Waals surface area contributed by atoms with Gasteiger partial charge in [0.05, 0.1) is 17.4 Å². The molecule has 0 saturated carbocycles. The number of aliphatic hydroxyl groups is 2. The largest absolute Gasteiger partial charge is 0.489 e. The molecule has 0 spiro atoms. The Morgan fingerprint density at radius 1 is 1.18 bits per heavy atom. The molecule has 10 nitrogen and oxygen atoms in total. The summed E-state index contributed by atoms with van der Waals surface area (Å²) in [5, 5.41) is 28.8. The quantitative estimate of drug-likeness (QED) is 0.455. The summed E-state index contributed by atoms with van der Waals surface area (Å²) in [6.07, 6.45) is 3.92. The monoisotopic (exact) mass is 548 g/mol. The standard InChI is InChI=1S/C28H30N6O4.H2S/c1-18(35)28(37)33-10-7-23(8-11-33)38-25-4-3-20(13-21(25)14-29)24-6-9-30-26(32-24)12-19-2-5-27(31-15-19)34-16-22(36)17-34;/h2-6,9,13,15,18,22-23,35-36H,7-8,10-12,16-17H2,1H3;1H2/t18-;/m0./s1. The second kappa shape index (κ2) is 12.4. The Kier molecular flexibility index (Phi) is 9.01. The molecule has 39 heavy (non-hydrogen) atoms. The van der Waals surface area contributed by atoms with Gasteiger partial charge in [-0.25, -0.2) is 15.0 Å². The molecule has 2 aromatic heterocycles. The van der Waals surface area contributed by atoms with Crippen molar-refractivity contribution < 1.29 is 19.7 Å². The second-order valence-corrected chi connectivity index (χ2v) is 9.76. The lowest BCUT2D eigenvalue weighted by Gasteiger charge is -2.36. The van der Waals surface area contributed by atoms with Gasteiger partial charge in [0, 0.05) is 63.4 Å². The Bertz CT molecular complexity index is 1330. The minimum atomic E-state index is -1.00. The molecule has 0 aliphatic carbocycles. The van der Waals surface area contributed by atoms with Crippen molar-refractivity contribution in [3.63, 3.8) is 0 Å². The molecule has 0 bridgehead atoms. The number of carbonyl (C=O) groups is 1. The van der Waals surface area contributed by atoms with Crippen LogP contribution in [0.4, 0.5) is 5.82 Å². The number of anilines is 1. The van der Waals surface area contributed by atoms with Crippen LogP contribution in [0.5, 0.6) is 5.75 Å². The fraction of sp³-hybridized carbons (Fsp3) is 0.393. The van der Waals surface area contributed by atoms with E-state index in [4.69, 9.17) is 9.72 Å². The average molecular weight is 549 g/mol. The molecule has 2 aliphatic heterocycles. The van der Waals surface area contributed by atoms with Crippen molar-refractivity contribution in [3.8, 4) is 23.1 Å². The summed E-state index contributed by atoms with van der Waals surface area (Å²) in [6.45, 7) is 3.71. The molecule has 0 unspecified atom stereocenters. The maximum Gasteiger partial charge on any atom is 0.251 e. The van der Waals surface area contributed by atoms with Crippen LogP contribution < -0.4 is 9.64 Å². The number of amides is 1. The third-order valence-electron chi connectivity index (χ3n) is 6.86. The van der Waals surface area contributed by atoms with Crippen molar-refractivity contribution in [2.24, 2.45) is 0 Å². The first kappa shape index (κ1) is 28.3. The molecular weight excluding hydrogens is 516 g/mol. The van der Waals surface area contributed by atoms with Crippen molar-refractivity contribution in [2.75, 3.05) is 31.1 Å². The molecule has 0 radical (unpaired) electrons. The SMILES string of the molecule is C[C@H](O)C(=O)N1CCC(Oc2ccc(-c3ccnc(Cc4ccc(N5CC(O)C5)nc4)n3)cc2C#N)CC1.S. The van der Waals surface area contributed by atoms with Crippen LogP contribution in [0.15, 0.2) is 48.8 Å². The molecule has 1 aromatic carbocycles. The lowest BCUT2D eigenvalue weighted by molar-refractivity contribution is -0.141. The molecule has 3 aromatic rings. The maximum atomic E-state index is 12.0. The van der Waals surface area contributed by atoms with Gasteiger partial charge in [-0.3, -0.25) is 4.79 Å². The zero-order valence-corrected chi connectivity index (χ0v) is 22.7. The van der Waals surface area contributed by atoms with Crippen molar-refractivity contribution >= 4 is 25.2 Å². The molecule has 2 fully saturated rings. The van der Waals surface area contributed by atoms with Crippen LogP contribution in [-0.2, 0) is 11.2 Å². The van der Waals surface area contributed by atoms with Crippen LogP contribution in [0.2, 0.25) is 0 Å². The van der Waals surface area contributed by atoms with Gasteiger partial charge < -0.3 is 24.7 Å². The predicted octanol–water partition coefficient (Wildman–Crippen LogP) is 2.05. The smallest absolute Gasteiger partial charge is 0.251 e. The molecule has 2 N–H and O–H groups in total. The Morgan fingerprint density at radius 2 is 1.95 bits per heavy atom. The number of nitrogens with zero attached hydrogens (tertiary/aromatic N) is 6. The van der Waals surface area contributed by atoms with E-state index in [1.807, 2.05) is 29.2 Å². The lowest BCUT2D eigenvalue weighted by atomic mass is 10.1. The third-order valence-corrected chi connectivity index (χ3v) is 6.86. The van der Waals surface area contributed by atoms with Crippen molar-refractivity contribution in [1.82, 2.24) is 19.9 Å². The molecule has 11 heteroatoms. The number of ether oxygens (including phenoxy) is 1. The predicted molar refractivity (Wildman–Crippen MR) is 150 cm³/mol. The first-order valence-corrected chi connectivity index (χ1v) is 12.8. The maximum absolute atomic E-state index is 12.0. The van der Waals surface area contributed by atoms with Crippen LogP contribution in [0.3, 0.4) is 0 Å².